The molecule has 0 aliphatic carbocycles. The van der Waals surface area contributed by atoms with E-state index in [1.54, 1.807) is 17.2 Å². The molecule has 5 heteroatoms. The molecule has 0 N–H and O–H groups in total. The molecule has 122 valence electrons. The third kappa shape index (κ3) is 2.95. The summed E-state index contributed by atoms with van der Waals surface area (Å²) in [4.78, 5) is 11.3. The van der Waals surface area contributed by atoms with Crippen LogP contribution < -0.4 is 0 Å². The van der Waals surface area contributed by atoms with Crippen molar-refractivity contribution in [3.63, 3.8) is 0 Å². The van der Waals surface area contributed by atoms with Gasteiger partial charge in [0.15, 0.2) is 5.82 Å². The monoisotopic (exact) mass is 319 g/mol. The first-order chi connectivity index (χ1) is 11.8. The molecule has 24 heavy (non-hydrogen) atoms. The maximum atomic E-state index is 4.45. The standard InChI is InChI=1S/C19H21N5/c1-15(23-9-2-3-10-23)16-6-4-7-17(12-16)18-13-19(21-14-20-18)24-11-5-8-22-24/h4-8,11-15H,2-3,9-10H2,1H3/t15-/m1/s1. The maximum Gasteiger partial charge on any atom is 0.157 e. The van der Waals surface area contributed by atoms with E-state index < -0.39 is 0 Å². The molecule has 0 saturated carbocycles. The van der Waals surface area contributed by atoms with Crippen molar-refractivity contribution >= 4 is 0 Å². The third-order valence-corrected chi connectivity index (χ3v) is 4.74. The van der Waals surface area contributed by atoms with Crippen LogP contribution in [0.2, 0.25) is 0 Å². The Morgan fingerprint density at radius 1 is 1.04 bits per heavy atom. The zero-order valence-corrected chi connectivity index (χ0v) is 13.8. The lowest BCUT2D eigenvalue weighted by molar-refractivity contribution is 0.263. The van der Waals surface area contributed by atoms with Gasteiger partial charge in [0.05, 0.1) is 5.69 Å². The van der Waals surface area contributed by atoms with Crippen LogP contribution in [0.4, 0.5) is 0 Å². The fourth-order valence-electron chi connectivity index (χ4n) is 3.33. The molecule has 5 nitrogen and oxygen atoms in total. The second kappa shape index (κ2) is 6.53. The van der Waals surface area contributed by atoms with Gasteiger partial charge in [-0.2, -0.15) is 5.10 Å². The smallest absolute Gasteiger partial charge is 0.157 e. The van der Waals surface area contributed by atoms with E-state index in [9.17, 15) is 0 Å². The zero-order valence-electron chi connectivity index (χ0n) is 13.8. The van der Waals surface area contributed by atoms with Gasteiger partial charge in [0.2, 0.25) is 0 Å². The van der Waals surface area contributed by atoms with Crippen molar-refractivity contribution in [1.29, 1.82) is 0 Å². The zero-order chi connectivity index (χ0) is 16.4. The molecule has 1 saturated heterocycles. The number of hydrogen-bond donors (Lipinski definition) is 0. The van der Waals surface area contributed by atoms with Gasteiger partial charge in [-0.05, 0) is 50.6 Å². The summed E-state index contributed by atoms with van der Waals surface area (Å²) >= 11 is 0. The predicted octanol–water partition coefficient (Wildman–Crippen LogP) is 3.49. The minimum atomic E-state index is 0.444. The van der Waals surface area contributed by atoms with Crippen molar-refractivity contribution in [3.05, 3.63) is 60.7 Å². The maximum absolute atomic E-state index is 4.45. The number of hydrogen-bond acceptors (Lipinski definition) is 4. The second-order valence-electron chi connectivity index (χ2n) is 6.26. The van der Waals surface area contributed by atoms with E-state index in [1.165, 1.54) is 31.5 Å². The van der Waals surface area contributed by atoms with Crippen LogP contribution in [-0.2, 0) is 0 Å². The molecule has 2 aromatic heterocycles. The Kier molecular flexibility index (Phi) is 4.09. The highest BCUT2D eigenvalue weighted by molar-refractivity contribution is 5.61. The lowest BCUT2D eigenvalue weighted by Gasteiger charge is -2.24. The minimum Gasteiger partial charge on any atom is -0.297 e. The number of rotatable bonds is 4. The van der Waals surface area contributed by atoms with Gasteiger partial charge in [-0.25, -0.2) is 14.6 Å². The molecule has 0 spiro atoms. The van der Waals surface area contributed by atoms with Gasteiger partial charge in [0.25, 0.3) is 0 Å². The quantitative estimate of drug-likeness (QED) is 0.738. The molecule has 0 unspecified atom stereocenters. The van der Waals surface area contributed by atoms with Gasteiger partial charge in [-0.15, -0.1) is 0 Å². The summed E-state index contributed by atoms with van der Waals surface area (Å²) in [6.45, 7) is 4.68. The molecule has 1 aromatic carbocycles. The van der Waals surface area contributed by atoms with E-state index in [0.29, 0.717) is 6.04 Å². The topological polar surface area (TPSA) is 46.8 Å². The first kappa shape index (κ1) is 15.0. The van der Waals surface area contributed by atoms with Crippen molar-refractivity contribution in [2.24, 2.45) is 0 Å². The lowest BCUT2D eigenvalue weighted by atomic mass is 10.0. The Morgan fingerprint density at radius 3 is 2.71 bits per heavy atom. The first-order valence-electron chi connectivity index (χ1n) is 8.48. The van der Waals surface area contributed by atoms with E-state index in [0.717, 1.165) is 17.1 Å². The average Bonchev–Trinajstić information content (AvgIpc) is 3.35. The summed E-state index contributed by atoms with van der Waals surface area (Å²) in [6.07, 6.45) is 7.85. The predicted molar refractivity (Wildman–Crippen MR) is 93.8 cm³/mol. The Bertz CT molecular complexity index is 806. The summed E-state index contributed by atoms with van der Waals surface area (Å²) in [5.41, 5.74) is 3.38. The summed E-state index contributed by atoms with van der Waals surface area (Å²) < 4.78 is 1.75. The molecule has 3 heterocycles. The second-order valence-corrected chi connectivity index (χ2v) is 6.26. The molecule has 3 aromatic rings. The van der Waals surface area contributed by atoms with E-state index >= 15 is 0 Å². The summed E-state index contributed by atoms with van der Waals surface area (Å²) in [7, 11) is 0. The van der Waals surface area contributed by atoms with Gasteiger partial charge < -0.3 is 0 Å². The van der Waals surface area contributed by atoms with Gasteiger partial charge in [0, 0.05) is 30.1 Å². The highest BCUT2D eigenvalue weighted by atomic mass is 15.3. The SMILES string of the molecule is C[C@H](c1cccc(-c2cc(-n3cccn3)ncn2)c1)N1CCCC1. The van der Waals surface area contributed by atoms with E-state index in [1.807, 2.05) is 18.3 Å². The third-order valence-electron chi connectivity index (χ3n) is 4.74. The molecule has 1 aliphatic heterocycles. The van der Waals surface area contributed by atoms with Crippen LogP contribution in [0.1, 0.15) is 31.4 Å². The Balaban J connectivity index is 1.65. The van der Waals surface area contributed by atoms with Crippen molar-refractivity contribution < 1.29 is 0 Å². The molecule has 4 rings (SSSR count). The van der Waals surface area contributed by atoms with Crippen molar-refractivity contribution in [3.8, 4) is 17.1 Å². The van der Waals surface area contributed by atoms with E-state index in [-0.39, 0.29) is 0 Å². The van der Waals surface area contributed by atoms with Gasteiger partial charge >= 0.3 is 0 Å². The Hall–Kier alpha value is -2.53. The summed E-state index contributed by atoms with van der Waals surface area (Å²) in [5, 5.41) is 4.24. The van der Waals surface area contributed by atoms with Crippen molar-refractivity contribution in [2.75, 3.05) is 13.1 Å². The van der Waals surface area contributed by atoms with Crippen LogP contribution in [0.25, 0.3) is 17.1 Å². The first-order valence-corrected chi connectivity index (χ1v) is 8.48. The van der Waals surface area contributed by atoms with Crippen LogP contribution in [0.5, 0.6) is 0 Å². The lowest BCUT2D eigenvalue weighted by Crippen LogP contribution is -2.23. The number of benzene rings is 1. The Labute approximate surface area is 142 Å². The number of nitrogens with zero attached hydrogens (tertiary/aromatic N) is 5. The molecule has 1 aliphatic rings. The molecular formula is C19H21N5. The average molecular weight is 319 g/mol. The minimum absolute atomic E-state index is 0.444. The van der Waals surface area contributed by atoms with Gasteiger partial charge in [0.1, 0.15) is 6.33 Å². The molecular weight excluding hydrogens is 298 g/mol. The highest BCUT2D eigenvalue weighted by Gasteiger charge is 2.19. The van der Waals surface area contributed by atoms with Crippen LogP contribution >= 0.6 is 0 Å². The van der Waals surface area contributed by atoms with E-state index in [4.69, 9.17) is 0 Å². The van der Waals surface area contributed by atoms with Crippen molar-refractivity contribution in [2.45, 2.75) is 25.8 Å². The largest absolute Gasteiger partial charge is 0.297 e. The van der Waals surface area contributed by atoms with Crippen LogP contribution in [-0.4, -0.2) is 37.7 Å². The Morgan fingerprint density at radius 2 is 1.92 bits per heavy atom. The fraction of sp³-hybridized carbons (Fsp3) is 0.316. The molecule has 0 amide bonds. The molecule has 0 radical (unpaired) electrons. The van der Waals surface area contributed by atoms with Gasteiger partial charge in [-0.3, -0.25) is 4.90 Å². The van der Waals surface area contributed by atoms with Crippen molar-refractivity contribution in [1.82, 2.24) is 24.6 Å². The fourth-order valence-corrected chi connectivity index (χ4v) is 3.33. The van der Waals surface area contributed by atoms with E-state index in [2.05, 4.69) is 51.2 Å². The number of aromatic nitrogens is 4. The molecule has 0 bridgehead atoms. The highest BCUT2D eigenvalue weighted by Crippen LogP contribution is 2.28. The molecule has 1 fully saturated rings. The van der Waals surface area contributed by atoms with Crippen LogP contribution in [0.15, 0.2) is 55.1 Å². The molecule has 1 atom stereocenters. The van der Waals surface area contributed by atoms with Gasteiger partial charge in [-0.1, -0.05) is 18.2 Å². The summed E-state index contributed by atoms with van der Waals surface area (Å²) in [5.74, 6) is 0.781. The van der Waals surface area contributed by atoms with Crippen LogP contribution in [0.3, 0.4) is 0 Å². The normalized spacial score (nSPS) is 16.4. The summed E-state index contributed by atoms with van der Waals surface area (Å²) in [6, 6.07) is 13.0. The number of likely N-dealkylation sites (tertiary alicyclic amines) is 1. The van der Waals surface area contributed by atoms with Crippen LogP contribution in [0, 0.1) is 0 Å².